The number of carboxylic acids is 1. The quantitative estimate of drug-likeness (QED) is 0.636. The van der Waals surface area contributed by atoms with E-state index in [1.807, 2.05) is 4.90 Å². The molecule has 4 N–H and O–H groups in total. The molecule has 1 saturated carbocycles. The van der Waals surface area contributed by atoms with Gasteiger partial charge >= 0.3 is 5.97 Å². The van der Waals surface area contributed by atoms with Crippen LogP contribution in [0.25, 0.3) is 0 Å². The van der Waals surface area contributed by atoms with Crippen LogP contribution in [0.3, 0.4) is 0 Å². The molecule has 1 aliphatic carbocycles. The number of nitrogens with one attached hydrogen (secondary N) is 1. The summed E-state index contributed by atoms with van der Waals surface area (Å²) < 4.78 is 0. The Kier molecular flexibility index (Phi) is 5.17. The number of nitrogens with two attached hydrogens (primary N) is 1. The molecule has 1 saturated heterocycles. The molecule has 0 aromatic carbocycles. The van der Waals surface area contributed by atoms with Crippen LogP contribution in [0.2, 0.25) is 0 Å². The molecule has 7 nitrogen and oxygen atoms in total. The van der Waals surface area contributed by atoms with Crippen molar-refractivity contribution in [2.24, 2.45) is 17.6 Å². The number of likely N-dealkylation sites (tertiary alicyclic amines) is 1. The molecule has 0 bridgehead atoms. The number of primary amides is 1. The molecule has 1 aliphatic heterocycles. The third-order valence-electron chi connectivity index (χ3n) is 4.47. The summed E-state index contributed by atoms with van der Waals surface area (Å²) in [6.07, 6.45) is 3.29. The molecule has 0 radical (unpaired) electrons. The Morgan fingerprint density at radius 2 is 1.71 bits per heavy atom. The number of hydrogen-bond donors (Lipinski definition) is 3. The van der Waals surface area contributed by atoms with Crippen molar-refractivity contribution in [1.82, 2.24) is 10.2 Å². The van der Waals surface area contributed by atoms with E-state index >= 15 is 0 Å². The second-order valence-electron chi connectivity index (χ2n) is 6.07. The van der Waals surface area contributed by atoms with E-state index in [-0.39, 0.29) is 36.2 Å². The Labute approximate surface area is 123 Å². The molecule has 2 rings (SSSR count). The van der Waals surface area contributed by atoms with Gasteiger partial charge in [-0.05, 0) is 32.1 Å². The monoisotopic (exact) mass is 297 g/mol. The van der Waals surface area contributed by atoms with Gasteiger partial charge in [-0.1, -0.05) is 0 Å². The van der Waals surface area contributed by atoms with E-state index in [4.69, 9.17) is 10.8 Å². The number of rotatable bonds is 5. The van der Waals surface area contributed by atoms with Crippen molar-refractivity contribution in [2.45, 2.75) is 38.1 Å². The molecular weight excluding hydrogens is 274 g/mol. The minimum Gasteiger partial charge on any atom is -0.481 e. The lowest BCUT2D eigenvalue weighted by Crippen LogP contribution is -2.47. The van der Waals surface area contributed by atoms with E-state index in [1.165, 1.54) is 0 Å². The lowest BCUT2D eigenvalue weighted by molar-refractivity contribution is -0.141. The molecule has 0 aromatic rings. The van der Waals surface area contributed by atoms with Gasteiger partial charge in [0.15, 0.2) is 0 Å². The van der Waals surface area contributed by atoms with Crippen molar-refractivity contribution in [1.29, 1.82) is 0 Å². The standard InChI is InChI=1S/C14H23N3O4/c15-12(18)8-17-5-3-11(4-6-17)16-13(19)9-1-2-10(7-9)14(20)21/h9-11H,1-8H2,(H2,15,18)(H,16,19)(H,20,21). The van der Waals surface area contributed by atoms with Gasteiger partial charge in [0.1, 0.15) is 0 Å². The maximum atomic E-state index is 12.1. The van der Waals surface area contributed by atoms with Gasteiger partial charge in [-0.3, -0.25) is 19.3 Å². The van der Waals surface area contributed by atoms with Crippen molar-refractivity contribution in [3.05, 3.63) is 0 Å². The molecule has 0 spiro atoms. The lowest BCUT2D eigenvalue weighted by atomic mass is 10.0. The van der Waals surface area contributed by atoms with Gasteiger partial charge < -0.3 is 16.2 Å². The molecule has 1 heterocycles. The largest absolute Gasteiger partial charge is 0.481 e. The molecular formula is C14H23N3O4. The minimum atomic E-state index is -0.801. The second kappa shape index (κ2) is 6.89. The minimum absolute atomic E-state index is 0.0212. The van der Waals surface area contributed by atoms with E-state index in [0.717, 1.165) is 25.9 Å². The van der Waals surface area contributed by atoms with E-state index in [2.05, 4.69) is 5.32 Å². The normalized spacial score (nSPS) is 27.4. The highest BCUT2D eigenvalue weighted by atomic mass is 16.4. The Morgan fingerprint density at radius 1 is 1.10 bits per heavy atom. The van der Waals surface area contributed by atoms with E-state index in [1.54, 1.807) is 0 Å². The summed E-state index contributed by atoms with van der Waals surface area (Å²) in [5.74, 6) is -1.70. The average molecular weight is 297 g/mol. The summed E-state index contributed by atoms with van der Waals surface area (Å²) in [6, 6.07) is 0.116. The Balaban J connectivity index is 1.72. The van der Waals surface area contributed by atoms with Crippen molar-refractivity contribution >= 4 is 17.8 Å². The Morgan fingerprint density at radius 3 is 2.24 bits per heavy atom. The maximum Gasteiger partial charge on any atom is 0.306 e. The highest BCUT2D eigenvalue weighted by molar-refractivity contribution is 5.81. The number of carboxylic acid groups (broad SMARTS) is 1. The van der Waals surface area contributed by atoms with Crippen LogP contribution < -0.4 is 11.1 Å². The zero-order chi connectivity index (χ0) is 15.4. The summed E-state index contributed by atoms with van der Waals surface area (Å²) in [5.41, 5.74) is 5.16. The molecule has 2 atom stereocenters. The van der Waals surface area contributed by atoms with Crippen LogP contribution >= 0.6 is 0 Å². The molecule has 2 fully saturated rings. The first-order chi connectivity index (χ1) is 9.95. The molecule has 7 heteroatoms. The van der Waals surface area contributed by atoms with Gasteiger partial charge in [0.2, 0.25) is 11.8 Å². The van der Waals surface area contributed by atoms with E-state index in [0.29, 0.717) is 19.3 Å². The summed E-state index contributed by atoms with van der Waals surface area (Å²) >= 11 is 0. The summed E-state index contributed by atoms with van der Waals surface area (Å²) in [4.78, 5) is 35.9. The predicted octanol–water partition coefficient (Wildman–Crippen LogP) is -0.447. The van der Waals surface area contributed by atoms with Crippen LogP contribution in [0.15, 0.2) is 0 Å². The predicted molar refractivity (Wildman–Crippen MR) is 75.3 cm³/mol. The fourth-order valence-corrected chi connectivity index (χ4v) is 3.22. The Hall–Kier alpha value is -1.63. The van der Waals surface area contributed by atoms with Crippen LogP contribution in [0.5, 0.6) is 0 Å². The van der Waals surface area contributed by atoms with Gasteiger partial charge in [0.25, 0.3) is 0 Å². The number of nitrogens with zero attached hydrogens (tertiary/aromatic N) is 1. The first kappa shape index (κ1) is 15.8. The average Bonchev–Trinajstić information content (AvgIpc) is 2.90. The summed E-state index contributed by atoms with van der Waals surface area (Å²) in [6.45, 7) is 1.76. The molecule has 0 aromatic heterocycles. The van der Waals surface area contributed by atoms with Gasteiger partial charge in [-0.25, -0.2) is 0 Å². The fourth-order valence-electron chi connectivity index (χ4n) is 3.22. The summed E-state index contributed by atoms with van der Waals surface area (Å²) in [5, 5.41) is 12.0. The van der Waals surface area contributed by atoms with Crippen molar-refractivity contribution < 1.29 is 19.5 Å². The third kappa shape index (κ3) is 4.42. The summed E-state index contributed by atoms with van der Waals surface area (Å²) in [7, 11) is 0. The first-order valence-corrected chi connectivity index (χ1v) is 7.49. The Bertz CT molecular complexity index is 418. The van der Waals surface area contributed by atoms with Gasteiger partial charge in [0.05, 0.1) is 12.5 Å². The molecule has 21 heavy (non-hydrogen) atoms. The number of hydrogen-bond acceptors (Lipinski definition) is 4. The van der Waals surface area contributed by atoms with E-state index in [9.17, 15) is 14.4 Å². The topological polar surface area (TPSA) is 113 Å². The molecule has 118 valence electrons. The SMILES string of the molecule is NC(=O)CN1CCC(NC(=O)C2CCC(C(=O)O)C2)CC1. The van der Waals surface area contributed by atoms with Crippen molar-refractivity contribution in [3.63, 3.8) is 0 Å². The number of carbonyl (C=O) groups excluding carboxylic acids is 2. The highest BCUT2D eigenvalue weighted by Crippen LogP contribution is 2.31. The molecule has 2 aliphatic rings. The van der Waals surface area contributed by atoms with Crippen molar-refractivity contribution in [3.8, 4) is 0 Å². The van der Waals surface area contributed by atoms with Crippen molar-refractivity contribution in [2.75, 3.05) is 19.6 Å². The zero-order valence-corrected chi connectivity index (χ0v) is 12.1. The molecule has 2 unspecified atom stereocenters. The molecule has 2 amide bonds. The van der Waals surface area contributed by atoms with Crippen LogP contribution in [-0.2, 0) is 14.4 Å². The first-order valence-electron chi connectivity index (χ1n) is 7.49. The number of carbonyl (C=O) groups is 3. The van der Waals surface area contributed by atoms with Crippen LogP contribution in [-0.4, -0.2) is 53.5 Å². The third-order valence-corrected chi connectivity index (χ3v) is 4.47. The number of aliphatic carboxylic acids is 1. The number of amides is 2. The van der Waals surface area contributed by atoms with Gasteiger partial charge in [-0.15, -0.1) is 0 Å². The van der Waals surface area contributed by atoms with Gasteiger partial charge in [0, 0.05) is 25.0 Å². The number of piperidine rings is 1. The maximum absolute atomic E-state index is 12.1. The highest BCUT2D eigenvalue weighted by Gasteiger charge is 2.34. The van der Waals surface area contributed by atoms with Crippen LogP contribution in [0.4, 0.5) is 0 Å². The van der Waals surface area contributed by atoms with Gasteiger partial charge in [-0.2, -0.15) is 0 Å². The smallest absolute Gasteiger partial charge is 0.306 e. The second-order valence-corrected chi connectivity index (χ2v) is 6.07. The van der Waals surface area contributed by atoms with Crippen LogP contribution in [0.1, 0.15) is 32.1 Å². The zero-order valence-electron chi connectivity index (χ0n) is 12.1. The van der Waals surface area contributed by atoms with E-state index < -0.39 is 5.97 Å². The van der Waals surface area contributed by atoms with Crippen LogP contribution in [0, 0.1) is 11.8 Å². The fraction of sp³-hybridized carbons (Fsp3) is 0.786. The lowest BCUT2D eigenvalue weighted by Gasteiger charge is -2.32.